The van der Waals surface area contributed by atoms with Crippen molar-refractivity contribution in [2.24, 2.45) is 7.05 Å². The van der Waals surface area contributed by atoms with Gasteiger partial charge in [0.05, 0.1) is 7.11 Å². The number of benzene rings is 1. The average molecular weight is 294 g/mol. The van der Waals surface area contributed by atoms with Gasteiger partial charge in [-0.1, -0.05) is 24.3 Å². The van der Waals surface area contributed by atoms with Crippen LogP contribution in [0.2, 0.25) is 0 Å². The van der Waals surface area contributed by atoms with Gasteiger partial charge in [-0.15, -0.1) is 0 Å². The van der Waals surface area contributed by atoms with Gasteiger partial charge in [-0.25, -0.2) is 9.78 Å². The Morgan fingerprint density at radius 2 is 1.77 bits per heavy atom. The van der Waals surface area contributed by atoms with Crippen molar-refractivity contribution in [1.29, 1.82) is 0 Å². The Balaban J connectivity index is 2.08. The van der Waals surface area contributed by atoms with E-state index in [1.165, 1.54) is 13.2 Å². The molecule has 3 rings (SSSR count). The monoisotopic (exact) mass is 294 g/mol. The number of nitrogens with zero attached hydrogens (tertiary/aromatic N) is 2. The van der Waals surface area contributed by atoms with Gasteiger partial charge in [0.2, 0.25) is 5.78 Å². The largest absolute Gasteiger partial charge is 0.464 e. The second-order valence-electron chi connectivity index (χ2n) is 4.90. The van der Waals surface area contributed by atoms with Crippen LogP contribution in [-0.4, -0.2) is 28.4 Å². The number of hydrogen-bond acceptors (Lipinski definition) is 4. The maximum atomic E-state index is 12.7. The summed E-state index contributed by atoms with van der Waals surface area (Å²) in [6, 6.07) is 12.4. The first-order valence-electron chi connectivity index (χ1n) is 6.76. The summed E-state index contributed by atoms with van der Waals surface area (Å²) in [7, 11) is 3.17. The molecule has 0 saturated carbocycles. The smallest absolute Gasteiger partial charge is 0.356 e. The number of esters is 1. The van der Waals surface area contributed by atoms with Crippen molar-refractivity contribution in [1.82, 2.24) is 9.55 Å². The number of hydrogen-bond donors (Lipinski definition) is 0. The summed E-state index contributed by atoms with van der Waals surface area (Å²) >= 11 is 0. The molecule has 0 aliphatic rings. The number of para-hydroxylation sites is 1. The van der Waals surface area contributed by atoms with E-state index in [9.17, 15) is 9.59 Å². The predicted octanol–water partition coefficient (Wildman–Crippen LogP) is 2.59. The SMILES string of the molecule is COC(=O)c1cccc(C(=O)c2cn(C)c3ccccc23)n1. The summed E-state index contributed by atoms with van der Waals surface area (Å²) in [6.45, 7) is 0. The molecule has 3 aromatic rings. The third kappa shape index (κ3) is 2.26. The van der Waals surface area contributed by atoms with Crippen molar-refractivity contribution < 1.29 is 14.3 Å². The third-order valence-electron chi connectivity index (χ3n) is 3.52. The number of ketones is 1. The predicted molar refractivity (Wildman–Crippen MR) is 81.9 cm³/mol. The van der Waals surface area contributed by atoms with Crippen LogP contribution >= 0.6 is 0 Å². The fourth-order valence-corrected chi connectivity index (χ4v) is 2.44. The molecule has 0 amide bonds. The minimum atomic E-state index is -0.562. The molecule has 0 radical (unpaired) electrons. The normalized spacial score (nSPS) is 10.6. The minimum Gasteiger partial charge on any atom is -0.464 e. The summed E-state index contributed by atoms with van der Waals surface area (Å²) in [4.78, 5) is 28.4. The van der Waals surface area contributed by atoms with E-state index in [1.54, 1.807) is 18.3 Å². The van der Waals surface area contributed by atoms with Gasteiger partial charge in [0.1, 0.15) is 11.4 Å². The molecule has 0 atom stereocenters. The molecule has 0 unspecified atom stereocenters. The fraction of sp³-hybridized carbons (Fsp3) is 0.118. The molecule has 0 spiro atoms. The highest BCUT2D eigenvalue weighted by Crippen LogP contribution is 2.22. The summed E-state index contributed by atoms with van der Waals surface area (Å²) in [5.41, 5.74) is 1.87. The van der Waals surface area contributed by atoms with Crippen LogP contribution in [-0.2, 0) is 11.8 Å². The Morgan fingerprint density at radius 3 is 2.55 bits per heavy atom. The Hall–Kier alpha value is -2.95. The maximum Gasteiger partial charge on any atom is 0.356 e. The third-order valence-corrected chi connectivity index (χ3v) is 3.52. The van der Waals surface area contributed by atoms with E-state index in [2.05, 4.69) is 9.72 Å². The highest BCUT2D eigenvalue weighted by Gasteiger charge is 2.18. The van der Waals surface area contributed by atoms with Gasteiger partial charge in [-0.05, 0) is 18.2 Å². The Kier molecular flexibility index (Phi) is 3.47. The van der Waals surface area contributed by atoms with Crippen molar-refractivity contribution >= 4 is 22.7 Å². The lowest BCUT2D eigenvalue weighted by Gasteiger charge is -2.02. The summed E-state index contributed by atoms with van der Waals surface area (Å²) in [5, 5.41) is 0.861. The molecule has 110 valence electrons. The zero-order valence-electron chi connectivity index (χ0n) is 12.2. The van der Waals surface area contributed by atoms with Crippen molar-refractivity contribution in [2.45, 2.75) is 0 Å². The van der Waals surface area contributed by atoms with E-state index in [1.807, 2.05) is 35.9 Å². The molecule has 0 aliphatic heterocycles. The molecule has 0 bridgehead atoms. The molecule has 1 aromatic carbocycles. The van der Waals surface area contributed by atoms with Gasteiger partial charge in [-0.2, -0.15) is 0 Å². The summed E-state index contributed by atoms with van der Waals surface area (Å²) in [6.07, 6.45) is 1.78. The summed E-state index contributed by atoms with van der Waals surface area (Å²) < 4.78 is 6.53. The maximum absolute atomic E-state index is 12.7. The van der Waals surface area contributed by atoms with Crippen LogP contribution in [0.4, 0.5) is 0 Å². The van der Waals surface area contributed by atoms with Crippen LogP contribution in [0.15, 0.2) is 48.7 Å². The molecular weight excluding hydrogens is 280 g/mol. The molecular formula is C17H14N2O3. The van der Waals surface area contributed by atoms with Crippen LogP contribution in [0, 0.1) is 0 Å². The molecule has 5 nitrogen and oxygen atoms in total. The highest BCUT2D eigenvalue weighted by molar-refractivity contribution is 6.15. The molecule has 2 heterocycles. The van der Waals surface area contributed by atoms with E-state index in [0.717, 1.165) is 10.9 Å². The van der Waals surface area contributed by atoms with Crippen molar-refractivity contribution in [2.75, 3.05) is 7.11 Å². The Labute approximate surface area is 127 Å². The number of ether oxygens (including phenoxy) is 1. The van der Waals surface area contributed by atoms with Crippen molar-refractivity contribution in [3.8, 4) is 0 Å². The van der Waals surface area contributed by atoms with Crippen LogP contribution in [0.5, 0.6) is 0 Å². The lowest BCUT2D eigenvalue weighted by molar-refractivity contribution is 0.0594. The topological polar surface area (TPSA) is 61.2 Å². The number of carbonyl (C=O) groups excluding carboxylic acids is 2. The van der Waals surface area contributed by atoms with E-state index < -0.39 is 5.97 Å². The molecule has 0 saturated heterocycles. The van der Waals surface area contributed by atoms with Crippen LogP contribution < -0.4 is 0 Å². The molecule has 22 heavy (non-hydrogen) atoms. The van der Waals surface area contributed by atoms with Gasteiger partial charge in [0.15, 0.2) is 0 Å². The van der Waals surface area contributed by atoms with Gasteiger partial charge >= 0.3 is 5.97 Å². The number of rotatable bonds is 3. The van der Waals surface area contributed by atoms with E-state index in [-0.39, 0.29) is 17.2 Å². The Bertz CT molecular complexity index is 880. The second kappa shape index (κ2) is 5.44. The lowest BCUT2D eigenvalue weighted by Crippen LogP contribution is -2.09. The van der Waals surface area contributed by atoms with Crippen LogP contribution in [0.1, 0.15) is 26.5 Å². The number of aromatic nitrogens is 2. The van der Waals surface area contributed by atoms with E-state index in [0.29, 0.717) is 5.56 Å². The molecule has 0 aliphatic carbocycles. The van der Waals surface area contributed by atoms with Crippen molar-refractivity contribution in [3.63, 3.8) is 0 Å². The summed E-state index contributed by atoms with van der Waals surface area (Å²) in [5.74, 6) is -0.782. The van der Waals surface area contributed by atoms with Crippen molar-refractivity contribution in [3.05, 3.63) is 65.6 Å². The first kappa shape index (κ1) is 14.0. The molecule has 0 fully saturated rings. The van der Waals surface area contributed by atoms with Crippen LogP contribution in [0.3, 0.4) is 0 Å². The lowest BCUT2D eigenvalue weighted by atomic mass is 10.1. The zero-order valence-corrected chi connectivity index (χ0v) is 12.2. The van der Waals surface area contributed by atoms with Gasteiger partial charge < -0.3 is 9.30 Å². The van der Waals surface area contributed by atoms with Crippen LogP contribution in [0.25, 0.3) is 10.9 Å². The molecule has 5 heteroatoms. The first-order chi connectivity index (χ1) is 10.6. The Morgan fingerprint density at radius 1 is 1.05 bits per heavy atom. The first-order valence-corrected chi connectivity index (χ1v) is 6.76. The average Bonchev–Trinajstić information content (AvgIpc) is 2.91. The molecule has 0 N–H and O–H groups in total. The van der Waals surface area contributed by atoms with Gasteiger partial charge in [0.25, 0.3) is 0 Å². The fourth-order valence-electron chi connectivity index (χ4n) is 2.44. The number of aryl methyl sites for hydroxylation is 1. The molecule has 2 aromatic heterocycles. The number of methoxy groups -OCH3 is 1. The van der Waals surface area contributed by atoms with E-state index in [4.69, 9.17) is 0 Å². The number of pyridine rings is 1. The zero-order chi connectivity index (χ0) is 15.7. The van der Waals surface area contributed by atoms with E-state index >= 15 is 0 Å². The quantitative estimate of drug-likeness (QED) is 0.550. The minimum absolute atomic E-state index is 0.119. The van der Waals surface area contributed by atoms with Gasteiger partial charge in [0, 0.05) is 29.7 Å². The highest BCUT2D eigenvalue weighted by atomic mass is 16.5. The number of fused-ring (bicyclic) bond motifs is 1. The van der Waals surface area contributed by atoms with Gasteiger partial charge in [-0.3, -0.25) is 4.79 Å². The standard InChI is InChI=1S/C17H14N2O3/c1-19-10-12(11-6-3-4-9-15(11)19)16(20)13-7-5-8-14(18-13)17(21)22-2/h3-10H,1-2H3. The second-order valence-corrected chi connectivity index (χ2v) is 4.90. The number of carbonyl (C=O) groups is 2.